The van der Waals surface area contributed by atoms with Crippen molar-refractivity contribution in [2.24, 2.45) is 21.7 Å². The predicted octanol–water partition coefficient (Wildman–Crippen LogP) is 13.6. The second kappa shape index (κ2) is 14.7. The zero-order valence-corrected chi connectivity index (χ0v) is 30.5. The second-order valence-electron chi connectivity index (χ2n) is 17.3. The standard InChI is InChI=1S/C22H28F2.C22H30/c1-21(2,3)19(15-7-11-17(23)12-8-15)20(22(4,5)6)16-9-13-18(24)14-10-16;1-21(2,3)19(17-13-9-7-10-14-17)20(22(4,5)6)18-15-11-8-12-16-18/h7-14,19-20H,1-6H3;7-16,19-20H,1-6H3. The minimum Gasteiger partial charge on any atom is -0.207 e. The van der Waals surface area contributed by atoms with Gasteiger partial charge in [0.25, 0.3) is 0 Å². The molecule has 0 saturated heterocycles. The third-order valence-corrected chi connectivity index (χ3v) is 9.17. The number of hydrogen-bond donors (Lipinski definition) is 0. The Morgan fingerprint density at radius 2 is 0.500 bits per heavy atom. The van der Waals surface area contributed by atoms with Gasteiger partial charge in [0.1, 0.15) is 11.6 Å². The minimum atomic E-state index is -0.222. The lowest BCUT2D eigenvalue weighted by molar-refractivity contribution is 0.186. The SMILES string of the molecule is CC(C)(C)C(c1ccc(F)cc1)C(c1ccc(F)cc1)C(C)(C)C.CC(C)(C)C(c1ccccc1)C(c1ccccc1)C(C)(C)C. The van der Waals surface area contributed by atoms with Gasteiger partial charge in [0.15, 0.2) is 0 Å². The van der Waals surface area contributed by atoms with Crippen LogP contribution in [0.25, 0.3) is 0 Å². The van der Waals surface area contributed by atoms with Crippen LogP contribution < -0.4 is 0 Å². The highest BCUT2D eigenvalue weighted by atomic mass is 19.1. The summed E-state index contributed by atoms with van der Waals surface area (Å²) in [5.41, 5.74) is 5.48. The molecule has 0 nitrogen and oxygen atoms in total. The summed E-state index contributed by atoms with van der Waals surface area (Å²) in [5, 5.41) is 0. The van der Waals surface area contributed by atoms with Crippen molar-refractivity contribution in [2.45, 2.75) is 107 Å². The topological polar surface area (TPSA) is 0 Å². The first-order valence-corrected chi connectivity index (χ1v) is 16.8. The van der Waals surface area contributed by atoms with E-state index in [4.69, 9.17) is 0 Å². The molecule has 0 aliphatic rings. The van der Waals surface area contributed by atoms with Crippen molar-refractivity contribution in [2.75, 3.05) is 0 Å². The Bertz CT molecular complexity index is 1340. The molecule has 0 aliphatic carbocycles. The van der Waals surface area contributed by atoms with Crippen LogP contribution in [-0.4, -0.2) is 0 Å². The summed E-state index contributed by atoms with van der Waals surface area (Å²) in [6.45, 7) is 27.5. The van der Waals surface area contributed by atoms with Gasteiger partial charge in [-0.05, 0) is 91.9 Å². The maximum atomic E-state index is 13.4. The third-order valence-electron chi connectivity index (χ3n) is 9.17. The van der Waals surface area contributed by atoms with Gasteiger partial charge in [0.2, 0.25) is 0 Å². The normalized spacial score (nSPS) is 15.3. The molecule has 0 saturated carbocycles. The fourth-order valence-electron chi connectivity index (χ4n) is 7.43. The summed E-state index contributed by atoms with van der Waals surface area (Å²) in [6, 6.07) is 35.7. The van der Waals surface area contributed by atoms with Crippen LogP contribution in [0.2, 0.25) is 0 Å². The summed E-state index contributed by atoms with van der Waals surface area (Å²) in [7, 11) is 0. The van der Waals surface area contributed by atoms with Crippen LogP contribution >= 0.6 is 0 Å². The van der Waals surface area contributed by atoms with Gasteiger partial charge < -0.3 is 0 Å². The zero-order chi connectivity index (χ0) is 34.5. The van der Waals surface area contributed by atoms with Gasteiger partial charge in [-0.2, -0.15) is 0 Å². The molecule has 0 aromatic heterocycles. The molecule has 0 amide bonds. The highest BCUT2D eigenvalue weighted by Gasteiger charge is 2.41. The van der Waals surface area contributed by atoms with E-state index < -0.39 is 0 Å². The van der Waals surface area contributed by atoms with Crippen molar-refractivity contribution in [1.82, 2.24) is 0 Å². The smallest absolute Gasteiger partial charge is 0.123 e. The zero-order valence-electron chi connectivity index (χ0n) is 30.5. The molecule has 46 heavy (non-hydrogen) atoms. The summed E-state index contributed by atoms with van der Waals surface area (Å²) in [4.78, 5) is 0. The molecule has 4 aromatic carbocycles. The quantitative estimate of drug-likeness (QED) is 0.200. The summed E-state index contributed by atoms with van der Waals surface area (Å²) < 4.78 is 26.8. The van der Waals surface area contributed by atoms with E-state index in [1.54, 1.807) is 0 Å². The Kier molecular flexibility index (Phi) is 11.9. The fraction of sp³-hybridized carbons (Fsp3) is 0.455. The van der Waals surface area contributed by atoms with Gasteiger partial charge in [0.05, 0.1) is 0 Å². The average molecular weight is 625 g/mol. The highest BCUT2D eigenvalue weighted by Crippen LogP contribution is 2.54. The van der Waals surface area contributed by atoms with Crippen LogP contribution in [0.4, 0.5) is 8.78 Å². The van der Waals surface area contributed by atoms with Crippen molar-refractivity contribution in [1.29, 1.82) is 0 Å². The first-order valence-electron chi connectivity index (χ1n) is 16.8. The van der Waals surface area contributed by atoms with E-state index >= 15 is 0 Å². The molecule has 0 aliphatic heterocycles. The molecule has 0 N–H and O–H groups in total. The number of rotatable bonds is 6. The van der Waals surface area contributed by atoms with Crippen molar-refractivity contribution in [3.8, 4) is 0 Å². The lowest BCUT2D eigenvalue weighted by atomic mass is 9.60. The van der Waals surface area contributed by atoms with E-state index in [1.807, 2.05) is 24.3 Å². The van der Waals surface area contributed by atoms with Crippen molar-refractivity contribution in [3.63, 3.8) is 0 Å². The van der Waals surface area contributed by atoms with Gasteiger partial charge in [-0.25, -0.2) is 8.78 Å². The molecule has 2 heteroatoms. The molecule has 0 radical (unpaired) electrons. The Hall–Kier alpha value is -3.26. The molecule has 4 atom stereocenters. The van der Waals surface area contributed by atoms with Crippen LogP contribution in [-0.2, 0) is 0 Å². The minimum absolute atomic E-state index is 0.0236. The van der Waals surface area contributed by atoms with Crippen LogP contribution in [0.3, 0.4) is 0 Å². The van der Waals surface area contributed by atoms with Crippen LogP contribution in [0.15, 0.2) is 109 Å². The molecule has 4 aromatic rings. The Morgan fingerprint density at radius 3 is 0.696 bits per heavy atom. The van der Waals surface area contributed by atoms with Crippen LogP contribution in [0.1, 0.15) is 129 Å². The number of benzene rings is 4. The van der Waals surface area contributed by atoms with E-state index in [2.05, 4.69) is 144 Å². The summed E-state index contributed by atoms with van der Waals surface area (Å²) >= 11 is 0. The largest absolute Gasteiger partial charge is 0.207 e. The molecule has 0 heterocycles. The highest BCUT2D eigenvalue weighted by molar-refractivity contribution is 5.34. The molecule has 4 rings (SSSR count). The summed E-state index contributed by atoms with van der Waals surface area (Å²) in [6.07, 6.45) is 0. The van der Waals surface area contributed by atoms with Gasteiger partial charge in [-0.1, -0.05) is 168 Å². The van der Waals surface area contributed by atoms with Crippen molar-refractivity contribution in [3.05, 3.63) is 143 Å². The van der Waals surface area contributed by atoms with Gasteiger partial charge in [-0.3, -0.25) is 0 Å². The summed E-state index contributed by atoms with van der Waals surface area (Å²) in [5.74, 6) is 0.889. The van der Waals surface area contributed by atoms with Crippen LogP contribution in [0, 0.1) is 33.3 Å². The number of hydrogen-bond acceptors (Lipinski definition) is 0. The molecular weight excluding hydrogens is 566 g/mol. The maximum Gasteiger partial charge on any atom is 0.123 e. The van der Waals surface area contributed by atoms with E-state index in [0.29, 0.717) is 11.8 Å². The van der Waals surface area contributed by atoms with Crippen LogP contribution in [0.5, 0.6) is 0 Å². The predicted molar refractivity (Wildman–Crippen MR) is 194 cm³/mol. The first kappa shape index (κ1) is 37.2. The molecule has 0 spiro atoms. The van der Waals surface area contributed by atoms with E-state index in [9.17, 15) is 8.78 Å². The van der Waals surface area contributed by atoms with Crippen molar-refractivity contribution < 1.29 is 8.78 Å². The molecular formula is C44H58F2. The Balaban J connectivity index is 0.000000251. The maximum absolute atomic E-state index is 13.4. The molecule has 0 bridgehead atoms. The Morgan fingerprint density at radius 1 is 0.304 bits per heavy atom. The molecule has 4 unspecified atom stereocenters. The van der Waals surface area contributed by atoms with Gasteiger partial charge in [-0.15, -0.1) is 0 Å². The van der Waals surface area contributed by atoms with Gasteiger partial charge in [0, 0.05) is 0 Å². The fourth-order valence-corrected chi connectivity index (χ4v) is 7.43. The van der Waals surface area contributed by atoms with E-state index in [1.165, 1.54) is 35.4 Å². The molecule has 248 valence electrons. The third kappa shape index (κ3) is 9.87. The van der Waals surface area contributed by atoms with E-state index in [-0.39, 0.29) is 45.1 Å². The Labute approximate surface area is 279 Å². The van der Waals surface area contributed by atoms with E-state index in [0.717, 1.165) is 11.1 Å². The molecule has 0 fully saturated rings. The lowest BCUT2D eigenvalue weighted by Crippen LogP contribution is -2.32. The number of halogens is 2. The monoisotopic (exact) mass is 624 g/mol. The van der Waals surface area contributed by atoms with Gasteiger partial charge >= 0.3 is 0 Å². The second-order valence-corrected chi connectivity index (χ2v) is 17.3. The average Bonchev–Trinajstić information content (AvgIpc) is 2.94. The lowest BCUT2D eigenvalue weighted by Gasteiger charge is -2.44. The first-order chi connectivity index (χ1) is 21.2. The van der Waals surface area contributed by atoms with Crippen molar-refractivity contribution >= 4 is 0 Å².